The molecule has 6 heteroatoms. The molecule has 3 heterocycles. The van der Waals surface area contributed by atoms with Crippen molar-refractivity contribution < 1.29 is 4.74 Å². The summed E-state index contributed by atoms with van der Waals surface area (Å²) in [6.07, 6.45) is -0.500. The molecule has 5 aromatic rings. The van der Waals surface area contributed by atoms with Gasteiger partial charge in [-0.3, -0.25) is 13.9 Å². The summed E-state index contributed by atoms with van der Waals surface area (Å²) in [5, 5.41) is 0.508. The zero-order valence-corrected chi connectivity index (χ0v) is 21.0. The molecular formula is C30H27N3O3. The van der Waals surface area contributed by atoms with Gasteiger partial charge in [0.05, 0.1) is 28.0 Å². The Bertz CT molecular complexity index is 1800. The predicted molar refractivity (Wildman–Crippen MR) is 142 cm³/mol. The van der Waals surface area contributed by atoms with Crippen LogP contribution in [0.15, 0.2) is 76.3 Å². The maximum Gasteiger partial charge on any atom is 0.331 e. The number of rotatable bonds is 2. The highest BCUT2D eigenvalue weighted by Crippen LogP contribution is 2.46. The molecule has 0 amide bonds. The van der Waals surface area contributed by atoms with Gasteiger partial charge < -0.3 is 9.30 Å². The van der Waals surface area contributed by atoms with Crippen LogP contribution in [0.3, 0.4) is 0 Å². The fourth-order valence-electron chi connectivity index (χ4n) is 5.32. The lowest BCUT2D eigenvalue weighted by atomic mass is 10.0. The zero-order chi connectivity index (χ0) is 25.3. The van der Waals surface area contributed by atoms with E-state index in [0.717, 1.165) is 50.6 Å². The lowest BCUT2D eigenvalue weighted by Crippen LogP contribution is -2.37. The Hall–Kier alpha value is -4.32. The van der Waals surface area contributed by atoms with Gasteiger partial charge in [0.25, 0.3) is 5.56 Å². The highest BCUT2D eigenvalue weighted by Gasteiger charge is 2.36. The first-order chi connectivity index (χ1) is 17.3. The fourth-order valence-corrected chi connectivity index (χ4v) is 5.32. The molecule has 1 unspecified atom stereocenters. The second-order valence-electron chi connectivity index (χ2n) is 9.75. The van der Waals surface area contributed by atoms with Crippen molar-refractivity contribution in [2.75, 3.05) is 0 Å². The second-order valence-corrected chi connectivity index (χ2v) is 9.75. The Labute approximate surface area is 208 Å². The zero-order valence-electron chi connectivity index (χ0n) is 21.0. The second kappa shape index (κ2) is 7.85. The monoisotopic (exact) mass is 477 g/mol. The molecule has 36 heavy (non-hydrogen) atoms. The van der Waals surface area contributed by atoms with Crippen LogP contribution in [0, 0.1) is 20.8 Å². The highest BCUT2D eigenvalue weighted by molar-refractivity contribution is 5.98. The van der Waals surface area contributed by atoms with Crippen molar-refractivity contribution in [1.82, 2.24) is 13.7 Å². The molecule has 0 spiro atoms. The molecule has 0 bridgehead atoms. The summed E-state index contributed by atoms with van der Waals surface area (Å²) in [7, 11) is 3.26. The van der Waals surface area contributed by atoms with Gasteiger partial charge in [-0.05, 0) is 49.6 Å². The number of nitrogens with zero attached hydrogens (tertiary/aromatic N) is 3. The average molecular weight is 478 g/mol. The van der Waals surface area contributed by atoms with E-state index in [4.69, 9.17) is 4.74 Å². The smallest absolute Gasteiger partial charge is 0.331 e. The normalized spacial score (nSPS) is 14.4. The molecule has 2 aromatic heterocycles. The molecule has 0 fully saturated rings. The fraction of sp³-hybridized carbons (Fsp3) is 0.200. The topological polar surface area (TPSA) is 58.2 Å². The number of benzene rings is 3. The number of aryl methyl sites for hydroxylation is 4. The van der Waals surface area contributed by atoms with Crippen LogP contribution in [0.1, 0.15) is 34.1 Å². The standard InChI is InChI=1S/C30H27N3O3/c1-17-9-12-20(13-10-17)25-24-26(31(4)30(35)32(5)29(24)34)27-28(21-8-6-7-18(2)15-21)36-23-14-11-19(3)16-22(23)33(25)27/h6-16,28H,1-5H3. The third kappa shape index (κ3) is 3.10. The van der Waals surface area contributed by atoms with Gasteiger partial charge in [-0.2, -0.15) is 0 Å². The van der Waals surface area contributed by atoms with Crippen molar-refractivity contribution >= 4 is 10.9 Å². The lowest BCUT2D eigenvalue weighted by molar-refractivity contribution is 0.229. The van der Waals surface area contributed by atoms with Crippen LogP contribution in [0.4, 0.5) is 0 Å². The van der Waals surface area contributed by atoms with E-state index >= 15 is 0 Å². The molecule has 0 saturated carbocycles. The van der Waals surface area contributed by atoms with Gasteiger partial charge in [0.2, 0.25) is 0 Å². The highest BCUT2D eigenvalue weighted by atomic mass is 16.5. The number of hydrogen-bond acceptors (Lipinski definition) is 3. The van der Waals surface area contributed by atoms with Gasteiger partial charge in [-0.25, -0.2) is 4.79 Å². The Morgan fingerprint density at radius 2 is 1.47 bits per heavy atom. The first-order valence-corrected chi connectivity index (χ1v) is 12.0. The molecule has 180 valence electrons. The number of hydrogen-bond donors (Lipinski definition) is 0. The van der Waals surface area contributed by atoms with Crippen molar-refractivity contribution in [3.05, 3.63) is 116 Å². The van der Waals surface area contributed by atoms with E-state index in [0.29, 0.717) is 10.9 Å². The van der Waals surface area contributed by atoms with Crippen molar-refractivity contribution in [3.8, 4) is 22.7 Å². The average Bonchev–Trinajstić information content (AvgIpc) is 3.23. The van der Waals surface area contributed by atoms with E-state index < -0.39 is 6.10 Å². The number of fused-ring (bicyclic) bond motifs is 5. The van der Waals surface area contributed by atoms with Crippen molar-refractivity contribution in [2.45, 2.75) is 26.9 Å². The van der Waals surface area contributed by atoms with Crippen molar-refractivity contribution in [1.29, 1.82) is 0 Å². The number of aromatic nitrogens is 3. The van der Waals surface area contributed by atoms with Gasteiger partial charge in [-0.1, -0.05) is 65.7 Å². The summed E-state index contributed by atoms with van der Waals surface area (Å²) < 4.78 is 11.5. The molecule has 0 saturated heterocycles. The molecular weight excluding hydrogens is 450 g/mol. The minimum Gasteiger partial charge on any atom is -0.477 e. The maximum atomic E-state index is 13.8. The van der Waals surface area contributed by atoms with E-state index in [2.05, 4.69) is 16.7 Å². The van der Waals surface area contributed by atoms with Gasteiger partial charge in [0.1, 0.15) is 5.75 Å². The lowest BCUT2D eigenvalue weighted by Gasteiger charge is -2.30. The van der Waals surface area contributed by atoms with Gasteiger partial charge in [0.15, 0.2) is 6.10 Å². The summed E-state index contributed by atoms with van der Waals surface area (Å²) in [6, 6.07) is 22.4. The van der Waals surface area contributed by atoms with E-state index in [1.165, 1.54) is 11.6 Å². The molecule has 6 nitrogen and oxygen atoms in total. The molecule has 1 atom stereocenters. The number of ether oxygens (including phenoxy) is 1. The third-order valence-corrected chi connectivity index (χ3v) is 7.13. The Balaban J connectivity index is 1.87. The van der Waals surface area contributed by atoms with Gasteiger partial charge >= 0.3 is 5.69 Å². The van der Waals surface area contributed by atoms with E-state index in [1.807, 2.05) is 75.4 Å². The summed E-state index contributed by atoms with van der Waals surface area (Å²) >= 11 is 0. The minimum atomic E-state index is -0.500. The van der Waals surface area contributed by atoms with E-state index in [1.54, 1.807) is 11.6 Å². The molecule has 1 aliphatic rings. The van der Waals surface area contributed by atoms with E-state index in [-0.39, 0.29) is 11.2 Å². The Kier molecular flexibility index (Phi) is 4.83. The van der Waals surface area contributed by atoms with Gasteiger partial charge in [-0.15, -0.1) is 0 Å². The first-order valence-electron chi connectivity index (χ1n) is 12.0. The minimum absolute atomic E-state index is 0.317. The van der Waals surface area contributed by atoms with Crippen LogP contribution >= 0.6 is 0 Å². The van der Waals surface area contributed by atoms with E-state index in [9.17, 15) is 9.59 Å². The van der Waals surface area contributed by atoms with Crippen LogP contribution in [0.5, 0.6) is 5.75 Å². The van der Waals surface area contributed by atoms with Crippen molar-refractivity contribution in [2.24, 2.45) is 14.1 Å². The van der Waals surface area contributed by atoms with Crippen molar-refractivity contribution in [3.63, 3.8) is 0 Å². The van der Waals surface area contributed by atoms with Crippen LogP contribution < -0.4 is 16.0 Å². The molecule has 0 radical (unpaired) electrons. The van der Waals surface area contributed by atoms with Crippen LogP contribution in [-0.2, 0) is 14.1 Å². The quantitative estimate of drug-likeness (QED) is 0.355. The first kappa shape index (κ1) is 22.2. The van der Waals surface area contributed by atoms with Crippen LogP contribution in [-0.4, -0.2) is 13.7 Å². The Morgan fingerprint density at radius 3 is 2.19 bits per heavy atom. The SMILES string of the molecule is Cc1ccc(-c2c3c(=O)n(C)c(=O)n(C)c3c3n2-c2cc(C)ccc2OC3c2cccc(C)c2)cc1. The molecule has 3 aromatic carbocycles. The Morgan fingerprint density at radius 1 is 0.778 bits per heavy atom. The largest absolute Gasteiger partial charge is 0.477 e. The summed E-state index contributed by atoms with van der Waals surface area (Å²) in [6.45, 7) is 6.12. The third-order valence-electron chi connectivity index (χ3n) is 7.13. The summed E-state index contributed by atoms with van der Waals surface area (Å²) in [4.78, 5) is 26.9. The van der Waals surface area contributed by atoms with Gasteiger partial charge in [0, 0.05) is 14.1 Å². The molecule has 0 N–H and O–H groups in total. The predicted octanol–water partition coefficient (Wildman–Crippen LogP) is 5.10. The molecule has 6 rings (SSSR count). The summed E-state index contributed by atoms with van der Waals surface area (Å²) in [5.74, 6) is 0.732. The molecule has 0 aliphatic carbocycles. The van der Waals surface area contributed by atoms with Crippen LogP contribution in [0.2, 0.25) is 0 Å². The van der Waals surface area contributed by atoms with Crippen LogP contribution in [0.25, 0.3) is 27.8 Å². The molecule has 1 aliphatic heterocycles. The summed E-state index contributed by atoms with van der Waals surface area (Å²) in [5.41, 5.74) is 7.50. The maximum absolute atomic E-state index is 13.8.